The Morgan fingerprint density at radius 3 is 2.44 bits per heavy atom. The van der Waals surface area contributed by atoms with E-state index in [1.165, 1.54) is 0 Å². The first-order valence-corrected chi connectivity index (χ1v) is 6.09. The molecule has 0 atom stereocenters. The second kappa shape index (κ2) is 5.35. The van der Waals surface area contributed by atoms with Gasteiger partial charge in [-0.05, 0) is 44.5 Å². The Bertz CT molecular complexity index is 483. The fourth-order valence-corrected chi connectivity index (χ4v) is 2.12. The van der Waals surface area contributed by atoms with Gasteiger partial charge in [-0.25, -0.2) is 0 Å². The molecule has 18 heavy (non-hydrogen) atoms. The summed E-state index contributed by atoms with van der Waals surface area (Å²) in [6.45, 7) is 5.80. The molecule has 1 amide bonds. The fraction of sp³-hybridized carbons (Fsp3) is 0.385. The fourth-order valence-electron chi connectivity index (χ4n) is 1.89. The number of hydrogen-bond donors (Lipinski definition) is 3. The summed E-state index contributed by atoms with van der Waals surface area (Å²) < 4.78 is 0. The monoisotopic (exact) mass is 265 g/mol. The smallest absolute Gasteiger partial charge is 0.219 e. The van der Waals surface area contributed by atoms with Crippen LogP contribution >= 0.6 is 12.2 Å². The van der Waals surface area contributed by atoms with Crippen molar-refractivity contribution < 1.29 is 4.79 Å². The first-order valence-electron chi connectivity index (χ1n) is 5.68. The maximum atomic E-state index is 11.0. The van der Waals surface area contributed by atoms with Crippen LogP contribution in [0.5, 0.6) is 0 Å². The third kappa shape index (κ3) is 4.00. The van der Waals surface area contributed by atoms with Crippen LogP contribution in [0.1, 0.15) is 31.4 Å². The number of amides is 1. The number of aryl methyl sites for hydroxylation is 1. The van der Waals surface area contributed by atoms with Gasteiger partial charge in [0.2, 0.25) is 5.91 Å². The lowest BCUT2D eigenvalue weighted by molar-refractivity contribution is -0.118. The van der Waals surface area contributed by atoms with Crippen molar-refractivity contribution >= 4 is 28.8 Å². The maximum Gasteiger partial charge on any atom is 0.219 e. The molecule has 0 aliphatic carbocycles. The molecule has 0 saturated carbocycles. The van der Waals surface area contributed by atoms with Crippen LogP contribution < -0.4 is 16.8 Å². The number of primary amides is 1. The Balaban J connectivity index is 2.89. The highest BCUT2D eigenvalue weighted by molar-refractivity contribution is 7.80. The van der Waals surface area contributed by atoms with Crippen molar-refractivity contribution in [3.8, 4) is 0 Å². The van der Waals surface area contributed by atoms with Gasteiger partial charge in [-0.2, -0.15) is 0 Å². The van der Waals surface area contributed by atoms with Gasteiger partial charge in [-0.1, -0.05) is 12.2 Å². The zero-order valence-electron chi connectivity index (χ0n) is 10.9. The molecule has 1 rings (SSSR count). The molecular formula is C13H19N3OS. The molecule has 0 spiro atoms. The molecule has 0 radical (unpaired) electrons. The Morgan fingerprint density at radius 2 is 2.00 bits per heavy atom. The molecule has 0 aliphatic rings. The first kappa shape index (κ1) is 14.4. The van der Waals surface area contributed by atoms with Crippen LogP contribution in [-0.4, -0.2) is 16.4 Å². The van der Waals surface area contributed by atoms with E-state index in [-0.39, 0.29) is 17.9 Å². The molecule has 0 unspecified atom stereocenters. The van der Waals surface area contributed by atoms with Crippen molar-refractivity contribution in [1.82, 2.24) is 0 Å². The lowest BCUT2D eigenvalue weighted by atomic mass is 9.99. The number of hydrogen-bond acceptors (Lipinski definition) is 3. The summed E-state index contributed by atoms with van der Waals surface area (Å²) in [6, 6.07) is 5.72. The van der Waals surface area contributed by atoms with Crippen molar-refractivity contribution in [2.45, 2.75) is 32.7 Å². The van der Waals surface area contributed by atoms with Crippen LogP contribution in [-0.2, 0) is 4.79 Å². The third-order valence-electron chi connectivity index (χ3n) is 2.59. The molecule has 5 heteroatoms. The Hall–Kier alpha value is -1.62. The van der Waals surface area contributed by atoms with Gasteiger partial charge in [0.15, 0.2) is 0 Å². The Kier molecular flexibility index (Phi) is 4.29. The zero-order valence-corrected chi connectivity index (χ0v) is 11.7. The van der Waals surface area contributed by atoms with Crippen LogP contribution in [0.15, 0.2) is 18.2 Å². The molecule has 98 valence electrons. The van der Waals surface area contributed by atoms with E-state index in [4.69, 9.17) is 23.7 Å². The number of rotatable bonds is 5. The van der Waals surface area contributed by atoms with Crippen molar-refractivity contribution in [2.24, 2.45) is 11.5 Å². The van der Waals surface area contributed by atoms with Gasteiger partial charge in [0, 0.05) is 23.2 Å². The molecule has 0 saturated heterocycles. The van der Waals surface area contributed by atoms with Crippen LogP contribution in [0.2, 0.25) is 0 Å². The summed E-state index contributed by atoms with van der Waals surface area (Å²) in [5, 5.41) is 3.27. The molecule has 4 nitrogen and oxygen atoms in total. The summed E-state index contributed by atoms with van der Waals surface area (Å²) in [5.74, 6) is -0.330. The van der Waals surface area contributed by atoms with E-state index in [9.17, 15) is 4.79 Å². The normalized spacial score (nSPS) is 11.1. The van der Waals surface area contributed by atoms with Gasteiger partial charge < -0.3 is 16.8 Å². The number of carbonyl (C=O) groups is 1. The second-order valence-electron chi connectivity index (χ2n) is 5.05. The van der Waals surface area contributed by atoms with Gasteiger partial charge >= 0.3 is 0 Å². The molecule has 1 aromatic carbocycles. The van der Waals surface area contributed by atoms with Crippen LogP contribution in [0.3, 0.4) is 0 Å². The van der Waals surface area contributed by atoms with Crippen molar-refractivity contribution in [3.63, 3.8) is 0 Å². The van der Waals surface area contributed by atoms with Gasteiger partial charge in [-0.3, -0.25) is 4.79 Å². The van der Waals surface area contributed by atoms with Crippen LogP contribution in [0.25, 0.3) is 0 Å². The molecule has 0 fully saturated rings. The number of anilines is 1. The lowest BCUT2D eigenvalue weighted by Crippen LogP contribution is -2.36. The van der Waals surface area contributed by atoms with Crippen molar-refractivity contribution in [1.29, 1.82) is 0 Å². The second-order valence-corrected chi connectivity index (χ2v) is 5.49. The highest BCUT2D eigenvalue weighted by Crippen LogP contribution is 2.21. The van der Waals surface area contributed by atoms with E-state index >= 15 is 0 Å². The predicted molar refractivity (Wildman–Crippen MR) is 78.6 cm³/mol. The average molecular weight is 265 g/mol. The molecule has 5 N–H and O–H groups in total. The molecule has 0 aliphatic heterocycles. The topological polar surface area (TPSA) is 81.1 Å². The predicted octanol–water partition coefficient (Wildman–Crippen LogP) is 1.70. The van der Waals surface area contributed by atoms with Gasteiger partial charge in [0.05, 0.1) is 0 Å². The molecule has 1 aromatic rings. The van der Waals surface area contributed by atoms with Crippen LogP contribution in [0, 0.1) is 6.92 Å². The summed E-state index contributed by atoms with van der Waals surface area (Å²) >= 11 is 4.96. The van der Waals surface area contributed by atoms with E-state index in [2.05, 4.69) is 5.32 Å². The molecule has 0 bridgehead atoms. The van der Waals surface area contributed by atoms with Crippen molar-refractivity contribution in [3.05, 3.63) is 29.3 Å². The standard InChI is InChI=1S/C13H19N3OS/c1-8-6-9(4-5-10(8)12(15)18)16-13(2,3)7-11(14)17/h4-6,16H,7H2,1-3H3,(H2,14,17)(H2,15,18). The summed E-state index contributed by atoms with van der Waals surface area (Å²) in [5.41, 5.74) is 13.2. The number of thiocarbonyl (C=S) groups is 1. The van der Waals surface area contributed by atoms with Gasteiger partial charge in [0.1, 0.15) is 4.99 Å². The van der Waals surface area contributed by atoms with Crippen molar-refractivity contribution in [2.75, 3.05) is 5.32 Å². The number of nitrogens with two attached hydrogens (primary N) is 2. The largest absolute Gasteiger partial charge is 0.389 e. The van der Waals surface area contributed by atoms with E-state index in [0.717, 1.165) is 16.8 Å². The Morgan fingerprint density at radius 1 is 1.39 bits per heavy atom. The van der Waals surface area contributed by atoms with E-state index in [1.807, 2.05) is 39.0 Å². The number of nitrogens with one attached hydrogen (secondary N) is 1. The van der Waals surface area contributed by atoms with E-state index in [1.54, 1.807) is 0 Å². The molecular weight excluding hydrogens is 246 g/mol. The van der Waals surface area contributed by atoms with Gasteiger partial charge in [0.25, 0.3) is 0 Å². The minimum absolute atomic E-state index is 0.267. The maximum absolute atomic E-state index is 11.0. The third-order valence-corrected chi connectivity index (χ3v) is 2.81. The quantitative estimate of drug-likeness (QED) is 0.708. The number of benzene rings is 1. The first-order chi connectivity index (χ1) is 8.21. The van der Waals surface area contributed by atoms with Crippen LogP contribution in [0.4, 0.5) is 5.69 Å². The highest BCUT2D eigenvalue weighted by Gasteiger charge is 2.20. The minimum atomic E-state index is -0.386. The lowest BCUT2D eigenvalue weighted by Gasteiger charge is -2.26. The molecule has 0 aromatic heterocycles. The minimum Gasteiger partial charge on any atom is -0.389 e. The summed E-state index contributed by atoms with van der Waals surface area (Å²) in [7, 11) is 0. The number of carbonyl (C=O) groups excluding carboxylic acids is 1. The van der Waals surface area contributed by atoms with E-state index in [0.29, 0.717) is 4.99 Å². The SMILES string of the molecule is Cc1cc(NC(C)(C)CC(N)=O)ccc1C(N)=S. The van der Waals surface area contributed by atoms with Gasteiger partial charge in [-0.15, -0.1) is 0 Å². The Labute approximate surface area is 113 Å². The zero-order chi connectivity index (χ0) is 13.9. The summed E-state index contributed by atoms with van der Waals surface area (Å²) in [6.07, 6.45) is 0.267. The highest BCUT2D eigenvalue weighted by atomic mass is 32.1. The molecule has 0 heterocycles. The van der Waals surface area contributed by atoms with E-state index < -0.39 is 0 Å². The summed E-state index contributed by atoms with van der Waals surface area (Å²) in [4.78, 5) is 11.3. The average Bonchev–Trinajstić information content (AvgIpc) is 2.13.